The monoisotopic (exact) mass is 255 g/mol. The molecule has 1 saturated heterocycles. The molecule has 0 aromatic heterocycles. The number of aliphatic carboxylic acids is 1. The zero-order chi connectivity index (χ0) is 13.3. The van der Waals surface area contributed by atoms with E-state index in [9.17, 15) is 15.0 Å². The molecular formula is C14H25NO3. The van der Waals surface area contributed by atoms with Crippen LogP contribution in [0.5, 0.6) is 0 Å². The number of aliphatic hydroxyl groups excluding tert-OH is 1. The van der Waals surface area contributed by atoms with Crippen LogP contribution in [0.25, 0.3) is 0 Å². The Bertz CT molecular complexity index is 318. The highest BCUT2D eigenvalue weighted by Gasteiger charge is 2.49. The highest BCUT2D eigenvalue weighted by Crippen LogP contribution is 2.40. The van der Waals surface area contributed by atoms with Crippen LogP contribution >= 0.6 is 0 Å². The second-order valence-electron chi connectivity index (χ2n) is 6.26. The second kappa shape index (κ2) is 5.17. The summed E-state index contributed by atoms with van der Waals surface area (Å²) in [5.41, 5.74) is -0.614. The molecule has 4 nitrogen and oxygen atoms in total. The van der Waals surface area contributed by atoms with Gasteiger partial charge in [-0.15, -0.1) is 0 Å². The van der Waals surface area contributed by atoms with Crippen LogP contribution < -0.4 is 0 Å². The molecule has 0 radical (unpaired) electrons. The SMILES string of the molecule is CC(C)C1(C(=O)O)CCN(C2CCCCC2O)C1. The molecule has 2 N–H and O–H groups in total. The first-order chi connectivity index (χ1) is 8.47. The number of hydrogen-bond acceptors (Lipinski definition) is 3. The molecule has 2 aliphatic rings. The molecule has 3 unspecified atom stereocenters. The standard InChI is InChI=1S/C14H25NO3/c1-10(2)14(13(17)18)7-8-15(9-14)11-5-3-4-6-12(11)16/h10-12,16H,3-9H2,1-2H3,(H,17,18). The Kier molecular flexibility index (Phi) is 3.97. The lowest BCUT2D eigenvalue weighted by Crippen LogP contribution is -2.47. The second-order valence-corrected chi connectivity index (χ2v) is 6.26. The van der Waals surface area contributed by atoms with Crippen LogP contribution in [0.2, 0.25) is 0 Å². The van der Waals surface area contributed by atoms with Crippen molar-refractivity contribution >= 4 is 5.97 Å². The van der Waals surface area contributed by atoms with E-state index in [1.165, 1.54) is 0 Å². The number of rotatable bonds is 3. The maximum Gasteiger partial charge on any atom is 0.311 e. The Morgan fingerprint density at radius 2 is 2.00 bits per heavy atom. The van der Waals surface area contributed by atoms with Crippen LogP contribution in [0.1, 0.15) is 46.0 Å². The van der Waals surface area contributed by atoms with E-state index in [-0.39, 0.29) is 18.1 Å². The minimum absolute atomic E-state index is 0.140. The van der Waals surface area contributed by atoms with Gasteiger partial charge >= 0.3 is 5.97 Å². The topological polar surface area (TPSA) is 60.8 Å². The van der Waals surface area contributed by atoms with Crippen molar-refractivity contribution in [3.05, 3.63) is 0 Å². The fraction of sp³-hybridized carbons (Fsp3) is 0.929. The number of aliphatic hydroxyl groups is 1. The summed E-state index contributed by atoms with van der Waals surface area (Å²) in [6.45, 7) is 5.40. The molecule has 1 aliphatic carbocycles. The van der Waals surface area contributed by atoms with Crippen molar-refractivity contribution in [2.45, 2.75) is 58.1 Å². The van der Waals surface area contributed by atoms with Crippen molar-refractivity contribution < 1.29 is 15.0 Å². The minimum atomic E-state index is -0.676. The number of hydrogen-bond donors (Lipinski definition) is 2. The van der Waals surface area contributed by atoms with Gasteiger partial charge in [0.05, 0.1) is 11.5 Å². The minimum Gasteiger partial charge on any atom is -0.481 e. The highest BCUT2D eigenvalue weighted by molar-refractivity contribution is 5.75. The van der Waals surface area contributed by atoms with Crippen molar-refractivity contribution in [2.24, 2.45) is 11.3 Å². The van der Waals surface area contributed by atoms with Gasteiger partial charge in [0.15, 0.2) is 0 Å². The van der Waals surface area contributed by atoms with Gasteiger partial charge in [0.25, 0.3) is 0 Å². The summed E-state index contributed by atoms with van der Waals surface area (Å²) in [7, 11) is 0. The van der Waals surface area contributed by atoms with Crippen LogP contribution in [0, 0.1) is 11.3 Å². The Morgan fingerprint density at radius 3 is 2.50 bits per heavy atom. The quantitative estimate of drug-likeness (QED) is 0.806. The molecule has 2 fully saturated rings. The molecule has 3 atom stereocenters. The highest BCUT2D eigenvalue weighted by atomic mass is 16.4. The van der Waals surface area contributed by atoms with Crippen molar-refractivity contribution in [3.63, 3.8) is 0 Å². The van der Waals surface area contributed by atoms with Gasteiger partial charge in [-0.1, -0.05) is 26.7 Å². The van der Waals surface area contributed by atoms with Crippen LogP contribution in [-0.2, 0) is 4.79 Å². The first-order valence-corrected chi connectivity index (χ1v) is 7.13. The van der Waals surface area contributed by atoms with E-state index in [0.717, 1.165) is 32.2 Å². The summed E-state index contributed by atoms with van der Waals surface area (Å²) in [4.78, 5) is 13.8. The maximum absolute atomic E-state index is 11.6. The lowest BCUT2D eigenvalue weighted by Gasteiger charge is -2.36. The van der Waals surface area contributed by atoms with Gasteiger partial charge in [0.2, 0.25) is 0 Å². The maximum atomic E-state index is 11.6. The number of carboxylic acid groups (broad SMARTS) is 1. The van der Waals surface area contributed by atoms with Gasteiger partial charge < -0.3 is 10.2 Å². The third kappa shape index (κ3) is 2.28. The Hall–Kier alpha value is -0.610. The van der Waals surface area contributed by atoms with Gasteiger partial charge in [-0.25, -0.2) is 0 Å². The molecule has 0 bridgehead atoms. The predicted molar refractivity (Wildman–Crippen MR) is 69.4 cm³/mol. The zero-order valence-electron chi connectivity index (χ0n) is 11.4. The van der Waals surface area contributed by atoms with Gasteiger partial charge in [-0.3, -0.25) is 9.69 Å². The van der Waals surface area contributed by atoms with Crippen LogP contribution in [0.3, 0.4) is 0 Å². The van der Waals surface area contributed by atoms with Crippen LogP contribution in [0.15, 0.2) is 0 Å². The predicted octanol–water partition coefficient (Wildman–Crippen LogP) is 1.72. The fourth-order valence-corrected chi connectivity index (χ4v) is 3.56. The average Bonchev–Trinajstić information content (AvgIpc) is 2.75. The van der Waals surface area contributed by atoms with Gasteiger partial charge in [-0.2, -0.15) is 0 Å². The molecular weight excluding hydrogens is 230 g/mol. The molecule has 2 rings (SSSR count). The number of nitrogens with zero attached hydrogens (tertiary/aromatic N) is 1. The molecule has 0 aromatic carbocycles. The van der Waals surface area contributed by atoms with Crippen molar-refractivity contribution in [2.75, 3.05) is 13.1 Å². The molecule has 0 spiro atoms. The first kappa shape index (κ1) is 13.8. The number of likely N-dealkylation sites (tertiary alicyclic amines) is 1. The molecule has 1 heterocycles. The molecule has 4 heteroatoms. The Labute approximate surface area is 109 Å². The average molecular weight is 255 g/mol. The van der Waals surface area contributed by atoms with Crippen molar-refractivity contribution in [1.82, 2.24) is 4.90 Å². The summed E-state index contributed by atoms with van der Waals surface area (Å²) in [5.74, 6) is -0.536. The van der Waals surface area contributed by atoms with Crippen molar-refractivity contribution in [3.8, 4) is 0 Å². The molecule has 0 amide bonds. The molecule has 1 aliphatic heterocycles. The third-order valence-corrected chi connectivity index (χ3v) is 5.02. The largest absolute Gasteiger partial charge is 0.481 e. The summed E-state index contributed by atoms with van der Waals surface area (Å²) in [5, 5.41) is 19.6. The third-order valence-electron chi connectivity index (χ3n) is 5.02. The van der Waals surface area contributed by atoms with E-state index in [1.54, 1.807) is 0 Å². The Morgan fingerprint density at radius 1 is 1.33 bits per heavy atom. The van der Waals surface area contributed by atoms with Crippen molar-refractivity contribution in [1.29, 1.82) is 0 Å². The summed E-state index contributed by atoms with van der Waals surface area (Å²) >= 11 is 0. The normalized spacial score (nSPS) is 38.2. The Balaban J connectivity index is 2.08. The molecule has 1 saturated carbocycles. The fourth-order valence-electron chi connectivity index (χ4n) is 3.56. The van der Waals surface area contributed by atoms with Gasteiger partial charge in [0.1, 0.15) is 0 Å². The first-order valence-electron chi connectivity index (χ1n) is 7.13. The van der Waals surface area contributed by atoms with Gasteiger partial charge in [0, 0.05) is 12.6 Å². The smallest absolute Gasteiger partial charge is 0.311 e. The van der Waals surface area contributed by atoms with Crippen LogP contribution in [0.4, 0.5) is 0 Å². The summed E-state index contributed by atoms with van der Waals surface area (Å²) in [6.07, 6.45) is 4.57. The summed E-state index contributed by atoms with van der Waals surface area (Å²) < 4.78 is 0. The molecule has 104 valence electrons. The molecule has 18 heavy (non-hydrogen) atoms. The molecule has 0 aromatic rings. The van der Waals surface area contributed by atoms with E-state index < -0.39 is 11.4 Å². The number of carbonyl (C=O) groups is 1. The van der Waals surface area contributed by atoms with Gasteiger partial charge in [-0.05, 0) is 31.7 Å². The van der Waals surface area contributed by atoms with Crippen LogP contribution in [-0.4, -0.2) is 46.3 Å². The van der Waals surface area contributed by atoms with E-state index in [4.69, 9.17) is 0 Å². The van der Waals surface area contributed by atoms with E-state index in [2.05, 4.69) is 4.90 Å². The summed E-state index contributed by atoms with van der Waals surface area (Å²) in [6, 6.07) is 0.179. The zero-order valence-corrected chi connectivity index (χ0v) is 11.4. The van der Waals surface area contributed by atoms with E-state index >= 15 is 0 Å². The van der Waals surface area contributed by atoms with E-state index in [0.29, 0.717) is 13.0 Å². The lowest BCUT2D eigenvalue weighted by atomic mass is 9.76. The van der Waals surface area contributed by atoms with E-state index in [1.807, 2.05) is 13.8 Å². The lowest BCUT2D eigenvalue weighted by molar-refractivity contribution is -0.151. The number of carboxylic acids is 1.